The fourth-order valence-electron chi connectivity index (χ4n) is 2.58. The summed E-state index contributed by atoms with van der Waals surface area (Å²) >= 11 is 1.18. The molecule has 0 bridgehead atoms. The van der Waals surface area contributed by atoms with Gasteiger partial charge in [0.05, 0.1) is 5.75 Å². The number of aromatic nitrogens is 2. The fourth-order valence-corrected chi connectivity index (χ4v) is 3.15. The Morgan fingerprint density at radius 2 is 1.93 bits per heavy atom. The van der Waals surface area contributed by atoms with Gasteiger partial charge in [-0.05, 0) is 30.7 Å². The molecule has 1 aliphatic heterocycles. The first-order valence-corrected chi connectivity index (χ1v) is 9.38. The number of rotatable bonds is 5. The van der Waals surface area contributed by atoms with Crippen LogP contribution < -0.4 is 14.8 Å². The predicted octanol–water partition coefficient (Wildman–Crippen LogP) is 3.62. The third kappa shape index (κ3) is 4.06. The maximum atomic E-state index is 12.1. The number of thioether (sulfide) groups is 1. The summed E-state index contributed by atoms with van der Waals surface area (Å²) in [6.07, 6.45) is -0.470. The second kappa shape index (κ2) is 7.71. The largest absolute Gasteiger partial charge is 0.485 e. The molecule has 1 N–H and O–H groups in total. The number of anilines is 1. The summed E-state index contributed by atoms with van der Waals surface area (Å²) in [6, 6.07) is 15.0. The Morgan fingerprint density at radius 1 is 1.15 bits per heavy atom. The van der Waals surface area contributed by atoms with Gasteiger partial charge in [-0.1, -0.05) is 42.1 Å². The maximum Gasteiger partial charge on any atom is 0.277 e. The molecule has 0 fully saturated rings. The van der Waals surface area contributed by atoms with Crippen LogP contribution >= 0.6 is 11.8 Å². The van der Waals surface area contributed by atoms with Crippen molar-refractivity contribution in [2.24, 2.45) is 0 Å². The molecule has 1 amide bonds. The van der Waals surface area contributed by atoms with Crippen LogP contribution in [0.2, 0.25) is 0 Å². The first-order valence-electron chi connectivity index (χ1n) is 8.39. The van der Waals surface area contributed by atoms with Crippen LogP contribution in [0, 0.1) is 6.92 Å². The number of nitrogens with one attached hydrogen (secondary N) is 1. The molecule has 0 saturated heterocycles. The molecule has 1 aliphatic rings. The Bertz CT molecular complexity index is 959. The number of hydrogen-bond donors (Lipinski definition) is 1. The molecule has 0 spiro atoms. The highest BCUT2D eigenvalue weighted by atomic mass is 32.2. The maximum absolute atomic E-state index is 12.1. The van der Waals surface area contributed by atoms with E-state index in [9.17, 15) is 4.79 Å². The molecular formula is C19H17N3O4S. The van der Waals surface area contributed by atoms with E-state index in [0.29, 0.717) is 22.6 Å². The van der Waals surface area contributed by atoms with Gasteiger partial charge in [-0.3, -0.25) is 4.79 Å². The molecule has 1 unspecified atom stereocenters. The Morgan fingerprint density at radius 3 is 2.78 bits per heavy atom. The van der Waals surface area contributed by atoms with Crippen molar-refractivity contribution >= 4 is 23.4 Å². The number of hydrogen-bond acceptors (Lipinski definition) is 7. The van der Waals surface area contributed by atoms with Gasteiger partial charge in [-0.25, -0.2) is 0 Å². The van der Waals surface area contributed by atoms with E-state index >= 15 is 0 Å². The molecule has 0 saturated carbocycles. The SMILES string of the molecule is Cc1ccccc1NC(=O)CSc1nnc(C2COc3ccccc3O2)o1. The van der Waals surface area contributed by atoms with Gasteiger partial charge < -0.3 is 19.2 Å². The molecule has 27 heavy (non-hydrogen) atoms. The zero-order chi connectivity index (χ0) is 18.6. The summed E-state index contributed by atoms with van der Waals surface area (Å²) in [5, 5.41) is 11.2. The molecule has 8 heteroatoms. The zero-order valence-corrected chi connectivity index (χ0v) is 15.4. The summed E-state index contributed by atoms with van der Waals surface area (Å²) in [4.78, 5) is 12.1. The van der Waals surface area contributed by atoms with Crippen LogP contribution in [-0.2, 0) is 4.79 Å². The quantitative estimate of drug-likeness (QED) is 0.673. The minimum atomic E-state index is -0.470. The van der Waals surface area contributed by atoms with Crippen LogP contribution in [0.4, 0.5) is 5.69 Å². The van der Waals surface area contributed by atoms with Gasteiger partial charge in [0.15, 0.2) is 11.5 Å². The minimum Gasteiger partial charge on any atom is -0.485 e. The topological polar surface area (TPSA) is 86.5 Å². The lowest BCUT2D eigenvalue weighted by Gasteiger charge is -2.23. The van der Waals surface area contributed by atoms with E-state index in [1.807, 2.05) is 55.5 Å². The van der Waals surface area contributed by atoms with E-state index in [0.717, 1.165) is 11.3 Å². The van der Waals surface area contributed by atoms with Crippen molar-refractivity contribution in [1.29, 1.82) is 0 Å². The van der Waals surface area contributed by atoms with Gasteiger partial charge in [-0.15, -0.1) is 10.2 Å². The molecule has 3 aromatic rings. The lowest BCUT2D eigenvalue weighted by atomic mass is 10.2. The molecule has 2 aromatic carbocycles. The molecule has 2 heterocycles. The normalized spacial score (nSPS) is 15.4. The average molecular weight is 383 g/mol. The average Bonchev–Trinajstić information content (AvgIpc) is 3.17. The number of benzene rings is 2. The molecule has 1 atom stereocenters. The van der Waals surface area contributed by atoms with E-state index in [1.54, 1.807) is 0 Å². The lowest BCUT2D eigenvalue weighted by molar-refractivity contribution is -0.113. The second-order valence-corrected chi connectivity index (χ2v) is 6.85. The number of carbonyl (C=O) groups is 1. The highest BCUT2D eigenvalue weighted by molar-refractivity contribution is 7.99. The number of amides is 1. The number of aryl methyl sites for hydroxylation is 1. The minimum absolute atomic E-state index is 0.139. The Balaban J connectivity index is 1.34. The van der Waals surface area contributed by atoms with E-state index in [2.05, 4.69) is 15.5 Å². The van der Waals surface area contributed by atoms with E-state index < -0.39 is 6.10 Å². The second-order valence-electron chi connectivity index (χ2n) is 5.92. The van der Waals surface area contributed by atoms with Crippen LogP contribution in [0.15, 0.2) is 58.2 Å². The monoisotopic (exact) mass is 383 g/mol. The van der Waals surface area contributed by atoms with Crippen LogP contribution in [0.1, 0.15) is 17.6 Å². The van der Waals surface area contributed by atoms with Crippen molar-refractivity contribution in [3.8, 4) is 11.5 Å². The van der Waals surface area contributed by atoms with Crippen molar-refractivity contribution in [1.82, 2.24) is 10.2 Å². The van der Waals surface area contributed by atoms with Crippen LogP contribution in [0.3, 0.4) is 0 Å². The molecule has 0 aliphatic carbocycles. The van der Waals surface area contributed by atoms with Crippen molar-refractivity contribution in [3.05, 3.63) is 60.0 Å². The Hall–Kier alpha value is -3.00. The van der Waals surface area contributed by atoms with Gasteiger partial charge in [0, 0.05) is 5.69 Å². The third-order valence-electron chi connectivity index (χ3n) is 3.95. The molecule has 7 nitrogen and oxygen atoms in total. The number of fused-ring (bicyclic) bond motifs is 1. The smallest absolute Gasteiger partial charge is 0.277 e. The van der Waals surface area contributed by atoms with Crippen molar-refractivity contribution in [2.75, 3.05) is 17.7 Å². The van der Waals surface area contributed by atoms with Gasteiger partial charge in [0.25, 0.3) is 11.1 Å². The van der Waals surface area contributed by atoms with Crippen molar-refractivity contribution in [3.63, 3.8) is 0 Å². The van der Waals surface area contributed by atoms with E-state index in [1.165, 1.54) is 11.8 Å². The lowest BCUT2D eigenvalue weighted by Crippen LogP contribution is -2.21. The number of nitrogens with zero attached hydrogens (tertiary/aromatic N) is 2. The molecule has 138 valence electrons. The van der Waals surface area contributed by atoms with Gasteiger partial charge in [0.2, 0.25) is 12.0 Å². The Kier molecular flexibility index (Phi) is 4.97. The number of para-hydroxylation sites is 3. The van der Waals surface area contributed by atoms with E-state index in [4.69, 9.17) is 13.9 Å². The summed E-state index contributed by atoms with van der Waals surface area (Å²) < 4.78 is 17.1. The highest BCUT2D eigenvalue weighted by Crippen LogP contribution is 2.35. The summed E-state index contributed by atoms with van der Waals surface area (Å²) in [7, 11) is 0. The fraction of sp³-hybridized carbons (Fsp3) is 0.211. The standard InChI is InChI=1S/C19H17N3O4S/c1-12-6-2-3-7-13(12)20-17(23)11-27-19-22-21-18(26-19)16-10-24-14-8-4-5-9-15(14)25-16/h2-9,16H,10-11H2,1H3,(H,20,23). The molecule has 0 radical (unpaired) electrons. The first-order chi connectivity index (χ1) is 13.2. The molecular weight excluding hydrogens is 366 g/mol. The Labute approximate surface area is 160 Å². The molecule has 1 aromatic heterocycles. The zero-order valence-electron chi connectivity index (χ0n) is 14.5. The third-order valence-corrected chi connectivity index (χ3v) is 4.77. The number of carbonyl (C=O) groups excluding carboxylic acids is 1. The van der Waals surface area contributed by atoms with Crippen LogP contribution in [0.25, 0.3) is 0 Å². The summed E-state index contributed by atoms with van der Waals surface area (Å²) in [6.45, 7) is 2.23. The predicted molar refractivity (Wildman–Crippen MR) is 100 cm³/mol. The summed E-state index contributed by atoms with van der Waals surface area (Å²) in [5.41, 5.74) is 1.80. The van der Waals surface area contributed by atoms with Crippen molar-refractivity contribution in [2.45, 2.75) is 18.3 Å². The first kappa shape index (κ1) is 17.4. The van der Waals surface area contributed by atoms with E-state index in [-0.39, 0.29) is 18.3 Å². The van der Waals surface area contributed by atoms with Crippen LogP contribution in [0.5, 0.6) is 11.5 Å². The van der Waals surface area contributed by atoms with Crippen molar-refractivity contribution < 1.29 is 18.7 Å². The summed E-state index contributed by atoms with van der Waals surface area (Å²) in [5.74, 6) is 1.68. The van der Waals surface area contributed by atoms with Crippen LogP contribution in [-0.4, -0.2) is 28.5 Å². The molecule has 4 rings (SSSR count). The van der Waals surface area contributed by atoms with Gasteiger partial charge >= 0.3 is 0 Å². The highest BCUT2D eigenvalue weighted by Gasteiger charge is 2.27. The number of ether oxygens (including phenoxy) is 2. The van der Waals surface area contributed by atoms with Gasteiger partial charge in [0.1, 0.15) is 6.61 Å². The van der Waals surface area contributed by atoms with Gasteiger partial charge in [-0.2, -0.15) is 0 Å².